The number of carbonyl (C=O) groups excluding carboxylic acids is 2. The van der Waals surface area contributed by atoms with Gasteiger partial charge in [0.05, 0.1) is 37.6 Å². The van der Waals surface area contributed by atoms with Crippen LogP contribution in [0.3, 0.4) is 0 Å². The van der Waals surface area contributed by atoms with E-state index in [1.165, 1.54) is 0 Å². The lowest BCUT2D eigenvalue weighted by atomic mass is 9.90. The molecule has 3 rings (SSSR count). The minimum Gasteiger partial charge on any atom is -0.465 e. The van der Waals surface area contributed by atoms with Crippen LogP contribution in [0.5, 0.6) is 0 Å². The second-order valence-electron chi connectivity index (χ2n) is 8.53. The first-order valence-electron chi connectivity index (χ1n) is 10.6. The Kier molecular flexibility index (Phi) is 7.53. The van der Waals surface area contributed by atoms with E-state index in [-0.39, 0.29) is 11.9 Å². The third kappa shape index (κ3) is 7.41. The van der Waals surface area contributed by atoms with Gasteiger partial charge in [-0.05, 0) is 63.7 Å². The molecule has 0 aromatic carbocycles. The van der Waals surface area contributed by atoms with Crippen LogP contribution in [-0.4, -0.2) is 49.6 Å². The fourth-order valence-corrected chi connectivity index (χ4v) is 3.83. The van der Waals surface area contributed by atoms with E-state index in [0.717, 1.165) is 32.1 Å². The first-order valence-corrected chi connectivity index (χ1v) is 10.6. The molecule has 0 aromatic heterocycles. The van der Waals surface area contributed by atoms with Crippen LogP contribution in [0, 0.1) is 11.8 Å². The molecule has 6 nitrogen and oxygen atoms in total. The van der Waals surface area contributed by atoms with Crippen molar-refractivity contribution in [2.45, 2.75) is 96.1 Å². The van der Waals surface area contributed by atoms with Gasteiger partial charge in [-0.2, -0.15) is 0 Å². The van der Waals surface area contributed by atoms with Crippen LogP contribution in [0.15, 0.2) is 0 Å². The van der Waals surface area contributed by atoms with Gasteiger partial charge in [-0.3, -0.25) is 9.59 Å². The summed E-state index contributed by atoms with van der Waals surface area (Å²) in [6, 6.07) is 0. The number of esters is 2. The van der Waals surface area contributed by atoms with E-state index in [9.17, 15) is 9.59 Å². The van der Waals surface area contributed by atoms with Crippen molar-refractivity contribution in [1.82, 2.24) is 0 Å². The fraction of sp³-hybridized carbons (Fsp3) is 0.905. The maximum Gasteiger partial charge on any atom is 0.305 e. The zero-order valence-electron chi connectivity index (χ0n) is 16.7. The highest BCUT2D eigenvalue weighted by Gasteiger charge is 2.44. The average molecular weight is 382 g/mol. The third-order valence-electron chi connectivity index (χ3n) is 5.91. The maximum absolute atomic E-state index is 11.8. The van der Waals surface area contributed by atoms with Crippen LogP contribution in [0.4, 0.5) is 0 Å². The third-order valence-corrected chi connectivity index (χ3v) is 5.91. The summed E-state index contributed by atoms with van der Waals surface area (Å²) < 4.78 is 21.6. The van der Waals surface area contributed by atoms with Crippen molar-refractivity contribution in [3.8, 4) is 0 Å². The Balaban J connectivity index is 1.13. The molecule has 0 N–H and O–H groups in total. The Labute approximate surface area is 162 Å². The molecular formula is C21H34O6. The van der Waals surface area contributed by atoms with Crippen LogP contribution >= 0.6 is 0 Å². The fourth-order valence-electron chi connectivity index (χ4n) is 3.83. The maximum atomic E-state index is 11.8. The molecule has 3 aliphatic rings. The number of hydrogen-bond donors (Lipinski definition) is 0. The average Bonchev–Trinajstić information content (AvgIpc) is 3.56. The standard InChI is InChI=1S/C21H34O6/c1-14(7-9-17-15(2)26-17)12-24-20(22)5-3-4-6-21(23)25-13-16-8-10-18-19(11-16)27-18/h14-19H,3-13H2,1-2H3. The normalized spacial score (nSPS) is 32.3. The second-order valence-corrected chi connectivity index (χ2v) is 8.53. The molecule has 0 bridgehead atoms. The summed E-state index contributed by atoms with van der Waals surface area (Å²) in [5.74, 6) is 0.473. The van der Waals surface area contributed by atoms with E-state index in [4.69, 9.17) is 18.9 Å². The lowest BCUT2D eigenvalue weighted by molar-refractivity contribution is -0.147. The van der Waals surface area contributed by atoms with Gasteiger partial charge < -0.3 is 18.9 Å². The summed E-state index contributed by atoms with van der Waals surface area (Å²) in [6.45, 7) is 5.15. The van der Waals surface area contributed by atoms with Crippen molar-refractivity contribution in [3.63, 3.8) is 0 Å². The van der Waals surface area contributed by atoms with Crippen molar-refractivity contribution in [1.29, 1.82) is 0 Å². The number of unbranched alkanes of at least 4 members (excludes halogenated alkanes) is 1. The van der Waals surface area contributed by atoms with Crippen molar-refractivity contribution >= 4 is 11.9 Å². The smallest absolute Gasteiger partial charge is 0.305 e. The zero-order chi connectivity index (χ0) is 19.2. The largest absolute Gasteiger partial charge is 0.465 e. The van der Waals surface area contributed by atoms with Crippen molar-refractivity contribution < 1.29 is 28.5 Å². The van der Waals surface area contributed by atoms with E-state index in [1.54, 1.807) is 0 Å². The topological polar surface area (TPSA) is 77.7 Å². The van der Waals surface area contributed by atoms with Crippen molar-refractivity contribution in [2.24, 2.45) is 11.8 Å². The van der Waals surface area contributed by atoms with Gasteiger partial charge in [-0.25, -0.2) is 0 Å². The summed E-state index contributed by atoms with van der Waals surface area (Å²) >= 11 is 0. The molecule has 1 saturated carbocycles. The predicted molar refractivity (Wildman–Crippen MR) is 99.1 cm³/mol. The Morgan fingerprint density at radius 3 is 2.41 bits per heavy atom. The summed E-state index contributed by atoms with van der Waals surface area (Å²) in [4.78, 5) is 23.6. The zero-order valence-corrected chi connectivity index (χ0v) is 16.7. The van der Waals surface area contributed by atoms with Crippen LogP contribution in [-0.2, 0) is 28.5 Å². The van der Waals surface area contributed by atoms with Crippen LogP contribution in [0.25, 0.3) is 0 Å². The van der Waals surface area contributed by atoms with Gasteiger partial charge in [-0.1, -0.05) is 6.92 Å². The van der Waals surface area contributed by atoms with Crippen LogP contribution in [0.2, 0.25) is 0 Å². The lowest BCUT2D eigenvalue weighted by Crippen LogP contribution is -2.20. The highest BCUT2D eigenvalue weighted by molar-refractivity contribution is 5.70. The SMILES string of the molecule is CC(CCC1OC1C)COC(=O)CCCCC(=O)OCC1CCC2OC2C1. The van der Waals surface area contributed by atoms with Gasteiger partial charge >= 0.3 is 11.9 Å². The number of epoxide rings is 2. The van der Waals surface area contributed by atoms with Crippen molar-refractivity contribution in [2.75, 3.05) is 13.2 Å². The minimum absolute atomic E-state index is 0.160. The first-order chi connectivity index (χ1) is 13.0. The molecule has 2 heterocycles. The van der Waals surface area contributed by atoms with Gasteiger partial charge in [0.25, 0.3) is 0 Å². The van der Waals surface area contributed by atoms with Crippen LogP contribution in [0.1, 0.15) is 71.6 Å². The summed E-state index contributed by atoms with van der Waals surface area (Å²) in [6.07, 6.45) is 9.03. The van der Waals surface area contributed by atoms with Gasteiger partial charge in [0.1, 0.15) is 0 Å². The number of carbonyl (C=O) groups is 2. The molecule has 27 heavy (non-hydrogen) atoms. The lowest BCUT2D eigenvalue weighted by Gasteiger charge is -2.18. The molecule has 0 amide bonds. The van der Waals surface area contributed by atoms with Gasteiger partial charge in [0, 0.05) is 12.8 Å². The summed E-state index contributed by atoms with van der Waals surface area (Å²) in [5, 5.41) is 0. The van der Waals surface area contributed by atoms with Gasteiger partial charge in [0.15, 0.2) is 0 Å². The monoisotopic (exact) mass is 382 g/mol. The van der Waals surface area contributed by atoms with E-state index >= 15 is 0 Å². The Bertz CT molecular complexity index is 507. The number of rotatable bonds is 12. The molecule has 0 spiro atoms. The number of hydrogen-bond acceptors (Lipinski definition) is 6. The first kappa shape index (κ1) is 20.6. The highest BCUT2D eigenvalue weighted by Crippen LogP contribution is 2.39. The Hall–Kier alpha value is -1.14. The summed E-state index contributed by atoms with van der Waals surface area (Å²) in [5.41, 5.74) is 0. The predicted octanol–water partition coefficient (Wildman–Crippen LogP) is 3.40. The second kappa shape index (κ2) is 9.87. The summed E-state index contributed by atoms with van der Waals surface area (Å²) in [7, 11) is 0. The molecule has 6 atom stereocenters. The molecule has 0 aromatic rings. The minimum atomic E-state index is -0.174. The molecule has 2 saturated heterocycles. The van der Waals surface area contributed by atoms with E-state index in [1.807, 2.05) is 0 Å². The molecule has 1 aliphatic carbocycles. The molecule has 2 aliphatic heterocycles. The molecule has 6 heteroatoms. The van der Waals surface area contributed by atoms with Crippen molar-refractivity contribution in [3.05, 3.63) is 0 Å². The van der Waals surface area contributed by atoms with Gasteiger partial charge in [0.2, 0.25) is 0 Å². The molecule has 154 valence electrons. The molecular weight excluding hydrogens is 348 g/mol. The van der Waals surface area contributed by atoms with E-state index in [2.05, 4.69) is 13.8 Å². The molecule has 0 radical (unpaired) electrons. The molecule has 3 fully saturated rings. The number of ether oxygens (including phenoxy) is 4. The van der Waals surface area contributed by atoms with E-state index in [0.29, 0.717) is 75.1 Å². The Morgan fingerprint density at radius 2 is 1.74 bits per heavy atom. The van der Waals surface area contributed by atoms with Crippen LogP contribution < -0.4 is 0 Å². The highest BCUT2D eigenvalue weighted by atomic mass is 16.6. The van der Waals surface area contributed by atoms with E-state index < -0.39 is 0 Å². The quantitative estimate of drug-likeness (QED) is 0.292. The Morgan fingerprint density at radius 1 is 1.04 bits per heavy atom. The van der Waals surface area contributed by atoms with Gasteiger partial charge in [-0.15, -0.1) is 0 Å². The molecule has 6 unspecified atom stereocenters. The number of fused-ring (bicyclic) bond motifs is 1.